The van der Waals surface area contributed by atoms with Crippen molar-refractivity contribution in [1.82, 2.24) is 14.9 Å². The van der Waals surface area contributed by atoms with Crippen molar-refractivity contribution in [3.63, 3.8) is 0 Å². The largest absolute Gasteiger partial charge is 0.390 e. The number of hydrogen-bond donors (Lipinski definition) is 3. The highest BCUT2D eigenvalue weighted by atomic mass is 32.2. The smallest absolute Gasteiger partial charge is 0.237 e. The van der Waals surface area contributed by atoms with Gasteiger partial charge in [-0.25, -0.2) is 4.98 Å². The van der Waals surface area contributed by atoms with Crippen molar-refractivity contribution in [2.45, 2.75) is 24.7 Å². The summed E-state index contributed by atoms with van der Waals surface area (Å²) < 4.78 is 1.52. The third kappa shape index (κ3) is 5.39. The molecule has 0 saturated carbocycles. The van der Waals surface area contributed by atoms with Gasteiger partial charge in [0.05, 0.1) is 24.3 Å². The molecular formula is C16H20N4O3S. The predicted octanol–water partition coefficient (Wildman–Crippen LogP) is 0.312. The number of carbonyl (C=O) groups excluding carboxylic acids is 2. The molecule has 1 aromatic carbocycles. The number of aliphatic hydroxyl groups excluding tert-OH is 1. The van der Waals surface area contributed by atoms with Crippen LogP contribution in [0.1, 0.15) is 11.3 Å². The van der Waals surface area contributed by atoms with Gasteiger partial charge in [0, 0.05) is 6.54 Å². The topological polar surface area (TPSA) is 110 Å². The third-order valence-electron chi connectivity index (χ3n) is 3.29. The summed E-state index contributed by atoms with van der Waals surface area (Å²) >= 11 is 1.20. The highest BCUT2D eigenvalue weighted by molar-refractivity contribution is 7.99. The van der Waals surface area contributed by atoms with Gasteiger partial charge < -0.3 is 20.7 Å². The fraction of sp³-hybridized carbons (Fsp3) is 0.312. The maximum absolute atomic E-state index is 11.9. The molecule has 0 aliphatic heterocycles. The Morgan fingerprint density at radius 3 is 2.71 bits per heavy atom. The number of nitrogens with one attached hydrogen (secondary N) is 1. The lowest BCUT2D eigenvalue weighted by atomic mass is 10.1. The Hall–Kier alpha value is -2.32. The van der Waals surface area contributed by atoms with E-state index in [-0.39, 0.29) is 24.8 Å². The lowest BCUT2D eigenvalue weighted by Crippen LogP contribution is -2.27. The molecule has 24 heavy (non-hydrogen) atoms. The number of nitrogens with two attached hydrogens (primary N) is 1. The number of benzene rings is 1. The van der Waals surface area contributed by atoms with Crippen molar-refractivity contribution >= 4 is 23.6 Å². The average molecular weight is 348 g/mol. The van der Waals surface area contributed by atoms with Gasteiger partial charge in [-0.05, 0) is 12.0 Å². The molecule has 0 spiro atoms. The van der Waals surface area contributed by atoms with E-state index in [2.05, 4.69) is 10.3 Å². The van der Waals surface area contributed by atoms with E-state index in [1.165, 1.54) is 22.5 Å². The monoisotopic (exact) mass is 348 g/mol. The lowest BCUT2D eigenvalue weighted by molar-refractivity contribution is -0.119. The van der Waals surface area contributed by atoms with Crippen LogP contribution < -0.4 is 11.1 Å². The van der Waals surface area contributed by atoms with E-state index in [0.717, 1.165) is 12.0 Å². The number of primary amides is 1. The molecule has 0 aliphatic carbocycles. The Kier molecular flexibility index (Phi) is 6.83. The first kappa shape index (κ1) is 18.0. The maximum atomic E-state index is 11.9. The van der Waals surface area contributed by atoms with E-state index in [4.69, 9.17) is 5.73 Å². The number of rotatable bonds is 9. The van der Waals surface area contributed by atoms with Crippen molar-refractivity contribution in [2.75, 3.05) is 12.3 Å². The van der Waals surface area contributed by atoms with Gasteiger partial charge in [0.15, 0.2) is 5.16 Å². The number of nitrogens with zero attached hydrogens (tertiary/aromatic N) is 2. The zero-order chi connectivity index (χ0) is 17.4. The Morgan fingerprint density at radius 2 is 2.04 bits per heavy atom. The number of carbonyl (C=O) groups is 2. The van der Waals surface area contributed by atoms with Gasteiger partial charge in [0.2, 0.25) is 11.8 Å². The Balaban J connectivity index is 1.81. The minimum absolute atomic E-state index is 0.0755. The Labute approximate surface area is 144 Å². The maximum Gasteiger partial charge on any atom is 0.237 e. The van der Waals surface area contributed by atoms with Crippen LogP contribution in [-0.2, 0) is 29.2 Å². The molecule has 0 atom stereocenters. The number of imidazole rings is 1. The average Bonchev–Trinajstić information content (AvgIpc) is 2.95. The van der Waals surface area contributed by atoms with Gasteiger partial charge in [-0.2, -0.15) is 0 Å². The summed E-state index contributed by atoms with van der Waals surface area (Å²) in [5, 5.41) is 12.6. The second-order valence-electron chi connectivity index (χ2n) is 5.12. The number of hydrogen-bond acceptors (Lipinski definition) is 5. The number of aromatic nitrogens is 2. The minimum atomic E-state index is -0.531. The molecule has 0 fully saturated rings. The summed E-state index contributed by atoms with van der Waals surface area (Å²) in [5.41, 5.74) is 6.84. The van der Waals surface area contributed by atoms with Crippen molar-refractivity contribution in [3.05, 3.63) is 47.8 Å². The van der Waals surface area contributed by atoms with Crippen molar-refractivity contribution in [1.29, 1.82) is 0 Å². The fourth-order valence-electron chi connectivity index (χ4n) is 2.13. The van der Waals surface area contributed by atoms with Gasteiger partial charge in [-0.15, -0.1) is 0 Å². The zero-order valence-electron chi connectivity index (χ0n) is 13.1. The Morgan fingerprint density at radius 1 is 1.29 bits per heavy atom. The van der Waals surface area contributed by atoms with E-state index in [1.54, 1.807) is 0 Å². The molecular weight excluding hydrogens is 328 g/mol. The molecule has 1 aromatic heterocycles. The highest BCUT2D eigenvalue weighted by Crippen LogP contribution is 2.18. The third-order valence-corrected chi connectivity index (χ3v) is 4.28. The van der Waals surface area contributed by atoms with Crippen molar-refractivity contribution in [2.24, 2.45) is 5.73 Å². The standard InChI is InChI=1S/C16H20N4O3S/c17-14(22)9-20-13(10-21)8-19-16(20)24-11-15(23)18-7-6-12-4-2-1-3-5-12/h1-5,8,21H,6-7,9-11H2,(H2,17,22)(H,18,23). The lowest BCUT2D eigenvalue weighted by Gasteiger charge is -2.08. The molecule has 0 saturated heterocycles. The van der Waals surface area contributed by atoms with E-state index in [1.807, 2.05) is 30.3 Å². The fourth-order valence-corrected chi connectivity index (χ4v) is 2.96. The summed E-state index contributed by atoms with van der Waals surface area (Å²) in [5.74, 6) is -0.470. The van der Waals surface area contributed by atoms with Crippen LogP contribution in [0.5, 0.6) is 0 Å². The predicted molar refractivity (Wildman–Crippen MR) is 91.2 cm³/mol. The zero-order valence-corrected chi connectivity index (χ0v) is 14.0. The molecule has 2 aromatic rings. The summed E-state index contributed by atoms with van der Waals surface area (Å²) in [6, 6.07) is 9.90. The molecule has 8 heteroatoms. The first-order valence-corrected chi connectivity index (χ1v) is 8.45. The van der Waals surface area contributed by atoms with Crippen LogP contribution in [0.15, 0.2) is 41.7 Å². The molecule has 0 unspecified atom stereocenters. The first-order chi connectivity index (χ1) is 11.6. The van der Waals surface area contributed by atoms with Crippen LogP contribution in [0.4, 0.5) is 0 Å². The van der Waals surface area contributed by atoms with Gasteiger partial charge in [-0.3, -0.25) is 9.59 Å². The second kappa shape index (κ2) is 9.09. The summed E-state index contributed by atoms with van der Waals surface area (Å²) in [6.07, 6.45) is 2.24. The first-order valence-electron chi connectivity index (χ1n) is 7.47. The second-order valence-corrected chi connectivity index (χ2v) is 6.06. The molecule has 4 N–H and O–H groups in total. The van der Waals surface area contributed by atoms with E-state index in [0.29, 0.717) is 17.4 Å². The SMILES string of the molecule is NC(=O)Cn1c(CO)cnc1SCC(=O)NCCc1ccccc1. The minimum Gasteiger partial charge on any atom is -0.390 e. The van der Waals surface area contributed by atoms with E-state index in [9.17, 15) is 14.7 Å². The molecule has 2 amide bonds. The van der Waals surface area contributed by atoms with Crippen LogP contribution in [0.2, 0.25) is 0 Å². The van der Waals surface area contributed by atoms with Gasteiger partial charge in [0.1, 0.15) is 6.54 Å². The normalized spacial score (nSPS) is 10.5. The van der Waals surface area contributed by atoms with Crippen LogP contribution in [0, 0.1) is 0 Å². The van der Waals surface area contributed by atoms with Crippen LogP contribution in [-0.4, -0.2) is 38.8 Å². The number of amides is 2. The highest BCUT2D eigenvalue weighted by Gasteiger charge is 2.13. The number of aliphatic hydroxyl groups is 1. The van der Waals surface area contributed by atoms with Crippen LogP contribution in [0.3, 0.4) is 0 Å². The van der Waals surface area contributed by atoms with Crippen molar-refractivity contribution < 1.29 is 14.7 Å². The van der Waals surface area contributed by atoms with Crippen LogP contribution >= 0.6 is 11.8 Å². The van der Waals surface area contributed by atoms with E-state index >= 15 is 0 Å². The molecule has 128 valence electrons. The summed E-state index contributed by atoms with van der Waals surface area (Å²) in [7, 11) is 0. The van der Waals surface area contributed by atoms with E-state index < -0.39 is 5.91 Å². The summed E-state index contributed by atoms with van der Waals surface area (Å²) in [6.45, 7) is 0.235. The number of thioether (sulfide) groups is 1. The van der Waals surface area contributed by atoms with Gasteiger partial charge in [-0.1, -0.05) is 42.1 Å². The summed E-state index contributed by atoms with van der Waals surface area (Å²) in [4.78, 5) is 27.1. The van der Waals surface area contributed by atoms with Gasteiger partial charge in [0.25, 0.3) is 0 Å². The Bertz CT molecular complexity index is 688. The van der Waals surface area contributed by atoms with Crippen LogP contribution in [0.25, 0.3) is 0 Å². The van der Waals surface area contributed by atoms with Crippen molar-refractivity contribution in [3.8, 4) is 0 Å². The van der Waals surface area contributed by atoms with Gasteiger partial charge >= 0.3 is 0 Å². The quantitative estimate of drug-likeness (QED) is 0.565. The molecule has 7 nitrogen and oxygen atoms in total. The molecule has 0 bridgehead atoms. The molecule has 0 aliphatic rings. The molecule has 1 heterocycles. The molecule has 0 radical (unpaired) electrons. The molecule has 2 rings (SSSR count).